The lowest BCUT2D eigenvalue weighted by molar-refractivity contribution is 0.387. The van der Waals surface area contributed by atoms with Gasteiger partial charge < -0.3 is 14.6 Å². The summed E-state index contributed by atoms with van der Waals surface area (Å²) in [6.45, 7) is 0.561. The van der Waals surface area contributed by atoms with Gasteiger partial charge in [-0.1, -0.05) is 18.2 Å². The smallest absolute Gasteiger partial charge is 0.135 e. The Bertz CT molecular complexity index is 990. The molecule has 1 aromatic heterocycles. The summed E-state index contributed by atoms with van der Waals surface area (Å²) >= 11 is 5.16. The highest BCUT2D eigenvalue weighted by atomic mass is 79.9. The van der Waals surface area contributed by atoms with E-state index in [1.165, 1.54) is 4.90 Å². The van der Waals surface area contributed by atoms with Crippen molar-refractivity contribution in [3.63, 3.8) is 0 Å². The number of phenolic OH excluding ortho intramolecular Hbond substituents is 1. The first kappa shape index (κ1) is 18.8. The van der Waals surface area contributed by atoms with Crippen LogP contribution >= 0.6 is 27.7 Å². The Kier molecular flexibility index (Phi) is 5.61. The lowest BCUT2D eigenvalue weighted by atomic mass is 10.0. The molecule has 0 saturated carbocycles. The van der Waals surface area contributed by atoms with Gasteiger partial charge in [0.25, 0.3) is 0 Å². The van der Waals surface area contributed by atoms with Crippen molar-refractivity contribution < 1.29 is 5.11 Å². The third-order valence-electron chi connectivity index (χ3n) is 4.34. The Morgan fingerprint density at radius 2 is 1.96 bits per heavy atom. The molecule has 0 fully saturated rings. The van der Waals surface area contributed by atoms with E-state index in [2.05, 4.69) is 38.7 Å². The maximum absolute atomic E-state index is 10.6. The number of hydrogen-bond acceptors (Lipinski definition) is 4. The number of rotatable bonds is 5. The predicted molar refractivity (Wildman–Crippen MR) is 110 cm³/mol. The molecule has 1 heterocycles. The fourth-order valence-corrected chi connectivity index (χ4v) is 4.55. The summed E-state index contributed by atoms with van der Waals surface area (Å²) in [6.07, 6.45) is 0. The van der Waals surface area contributed by atoms with Crippen LogP contribution in [0.2, 0.25) is 0 Å². The van der Waals surface area contributed by atoms with Crippen LogP contribution in [0.3, 0.4) is 0 Å². The molecule has 0 aliphatic heterocycles. The molecule has 0 bridgehead atoms. The average Bonchev–Trinajstić information content (AvgIpc) is 2.89. The van der Waals surface area contributed by atoms with Crippen LogP contribution in [0.1, 0.15) is 16.8 Å². The number of phenols is 1. The lowest BCUT2D eigenvalue weighted by Crippen LogP contribution is -2.11. The molecule has 0 spiro atoms. The van der Waals surface area contributed by atoms with Crippen molar-refractivity contribution in [3.05, 3.63) is 57.7 Å². The average molecular weight is 430 g/mol. The molecule has 3 rings (SSSR count). The third kappa shape index (κ3) is 3.48. The van der Waals surface area contributed by atoms with Crippen LogP contribution in [0.4, 0.5) is 0 Å². The van der Waals surface area contributed by atoms with Crippen LogP contribution < -0.4 is 0 Å². The first-order valence-corrected chi connectivity index (χ1v) is 9.96. The normalized spacial score (nSPS) is 11.2. The summed E-state index contributed by atoms with van der Waals surface area (Å²) in [5.41, 5.74) is 3.34. The zero-order valence-electron chi connectivity index (χ0n) is 15.0. The minimum absolute atomic E-state index is 0.204. The summed E-state index contributed by atoms with van der Waals surface area (Å²) in [7, 11) is 5.88. The maximum atomic E-state index is 10.6. The zero-order valence-corrected chi connectivity index (χ0v) is 17.4. The Hall–Kier alpha value is -1.94. The van der Waals surface area contributed by atoms with E-state index in [1.807, 2.05) is 50.3 Å². The molecule has 2 aromatic carbocycles. The molecule has 6 heteroatoms. The molecule has 4 nitrogen and oxygen atoms in total. The Morgan fingerprint density at radius 1 is 1.27 bits per heavy atom. The number of fused-ring (bicyclic) bond motifs is 1. The molecule has 0 atom stereocenters. The van der Waals surface area contributed by atoms with E-state index >= 15 is 0 Å². The molecule has 0 amide bonds. The van der Waals surface area contributed by atoms with Crippen LogP contribution in [-0.4, -0.2) is 28.7 Å². The van der Waals surface area contributed by atoms with E-state index < -0.39 is 0 Å². The van der Waals surface area contributed by atoms with Gasteiger partial charge in [0.2, 0.25) is 0 Å². The topological polar surface area (TPSA) is 52.2 Å². The van der Waals surface area contributed by atoms with E-state index in [-0.39, 0.29) is 5.75 Å². The fourth-order valence-electron chi connectivity index (χ4n) is 3.11. The Labute approximate surface area is 166 Å². The number of hydrogen-bond donors (Lipinski definition) is 1. The van der Waals surface area contributed by atoms with Gasteiger partial charge in [-0.25, -0.2) is 0 Å². The molecule has 1 N–H and O–H groups in total. The minimum Gasteiger partial charge on any atom is -0.506 e. The van der Waals surface area contributed by atoms with Crippen molar-refractivity contribution in [2.75, 3.05) is 14.1 Å². The SMILES string of the molecule is CN(C)Cc1c(O)c(Br)cc2c1c(C#N)c(CSc1ccccc1)n2C. The molecule has 0 unspecified atom stereocenters. The van der Waals surface area contributed by atoms with Gasteiger partial charge in [-0.3, -0.25) is 0 Å². The van der Waals surface area contributed by atoms with Crippen molar-refractivity contribution in [2.45, 2.75) is 17.2 Å². The van der Waals surface area contributed by atoms with Crippen LogP contribution in [0, 0.1) is 11.3 Å². The van der Waals surface area contributed by atoms with Crippen molar-refractivity contribution in [1.82, 2.24) is 9.47 Å². The van der Waals surface area contributed by atoms with Crippen LogP contribution in [0.5, 0.6) is 5.75 Å². The number of thioether (sulfide) groups is 1. The van der Waals surface area contributed by atoms with Crippen LogP contribution in [0.25, 0.3) is 10.9 Å². The van der Waals surface area contributed by atoms with E-state index in [9.17, 15) is 10.4 Å². The van der Waals surface area contributed by atoms with Gasteiger partial charge in [-0.15, -0.1) is 11.8 Å². The Morgan fingerprint density at radius 3 is 2.58 bits per heavy atom. The van der Waals surface area contributed by atoms with Gasteiger partial charge in [0.15, 0.2) is 0 Å². The van der Waals surface area contributed by atoms with E-state index in [1.54, 1.807) is 11.8 Å². The van der Waals surface area contributed by atoms with E-state index in [0.29, 0.717) is 22.3 Å². The molecule has 0 aliphatic rings. The molecule has 0 aliphatic carbocycles. The van der Waals surface area contributed by atoms with Gasteiger partial charge in [0, 0.05) is 40.9 Å². The summed E-state index contributed by atoms with van der Waals surface area (Å²) < 4.78 is 2.71. The van der Waals surface area contributed by atoms with Crippen molar-refractivity contribution in [1.29, 1.82) is 5.26 Å². The Balaban J connectivity index is 2.15. The summed E-state index contributed by atoms with van der Waals surface area (Å²) in [6, 6.07) is 14.4. The second kappa shape index (κ2) is 7.75. The molecule has 3 aromatic rings. The van der Waals surface area contributed by atoms with Crippen LogP contribution in [0.15, 0.2) is 45.8 Å². The highest BCUT2D eigenvalue weighted by Gasteiger charge is 2.22. The highest BCUT2D eigenvalue weighted by Crippen LogP contribution is 2.40. The maximum Gasteiger partial charge on any atom is 0.135 e. The van der Waals surface area contributed by atoms with Crippen LogP contribution in [-0.2, 0) is 19.3 Å². The first-order chi connectivity index (χ1) is 12.4. The first-order valence-electron chi connectivity index (χ1n) is 8.18. The van der Waals surface area contributed by atoms with Crippen molar-refractivity contribution >= 4 is 38.6 Å². The van der Waals surface area contributed by atoms with Gasteiger partial charge >= 0.3 is 0 Å². The molecule has 0 radical (unpaired) electrons. The summed E-state index contributed by atoms with van der Waals surface area (Å²) in [4.78, 5) is 3.16. The quantitative estimate of drug-likeness (QED) is 0.587. The number of nitriles is 1. The molecular weight excluding hydrogens is 410 g/mol. The number of aromatic nitrogens is 1. The number of halogens is 1. The predicted octanol–water partition coefficient (Wildman–Crippen LogP) is 4.87. The lowest BCUT2D eigenvalue weighted by Gasteiger charge is -2.14. The largest absolute Gasteiger partial charge is 0.506 e. The van der Waals surface area contributed by atoms with Gasteiger partial charge in [-0.2, -0.15) is 5.26 Å². The van der Waals surface area contributed by atoms with Gasteiger partial charge in [-0.05, 0) is 48.2 Å². The number of aromatic hydroxyl groups is 1. The zero-order chi connectivity index (χ0) is 18.8. The van der Waals surface area contributed by atoms with E-state index in [4.69, 9.17) is 0 Å². The van der Waals surface area contributed by atoms with E-state index in [0.717, 1.165) is 22.2 Å². The fraction of sp³-hybridized carbons (Fsp3) is 0.250. The summed E-state index contributed by atoms with van der Waals surface area (Å²) in [5, 5.41) is 21.3. The monoisotopic (exact) mass is 429 g/mol. The summed E-state index contributed by atoms with van der Waals surface area (Å²) in [5.74, 6) is 0.897. The second-order valence-corrected chi connectivity index (χ2v) is 8.31. The van der Waals surface area contributed by atoms with Gasteiger partial charge in [0.05, 0.1) is 15.6 Å². The molecular formula is C20H20BrN3OS. The second-order valence-electron chi connectivity index (χ2n) is 6.41. The molecule has 0 saturated heterocycles. The van der Waals surface area contributed by atoms with Crippen molar-refractivity contribution in [3.8, 4) is 11.8 Å². The molecule has 134 valence electrons. The number of aryl methyl sites for hydroxylation is 1. The van der Waals surface area contributed by atoms with Gasteiger partial charge in [0.1, 0.15) is 11.8 Å². The highest BCUT2D eigenvalue weighted by molar-refractivity contribution is 9.10. The third-order valence-corrected chi connectivity index (χ3v) is 5.97. The minimum atomic E-state index is 0.204. The standard InChI is InChI=1S/C20H20BrN3OS/c1-23(2)11-15-19-14(10-22)18(12-26-13-7-5-4-6-8-13)24(3)17(19)9-16(21)20(15)25/h4-9,25H,11-12H2,1-3H3. The number of benzene rings is 2. The number of nitrogens with zero attached hydrogens (tertiary/aromatic N) is 3. The molecule has 26 heavy (non-hydrogen) atoms. The van der Waals surface area contributed by atoms with Crippen molar-refractivity contribution in [2.24, 2.45) is 7.05 Å².